The second-order valence-electron chi connectivity index (χ2n) is 12.2. The maximum atomic E-state index is 16.2. The number of aromatic nitrogens is 1. The Balaban J connectivity index is 2.15. The number of hydrogen-bond donors (Lipinski definition) is 1. The van der Waals surface area contributed by atoms with Crippen molar-refractivity contribution in [2.75, 3.05) is 5.32 Å². The van der Waals surface area contributed by atoms with Crippen LogP contribution in [0.25, 0.3) is 11.1 Å². The summed E-state index contributed by atoms with van der Waals surface area (Å²) < 4.78 is 42.9. The molecule has 1 amide bonds. The summed E-state index contributed by atoms with van der Waals surface area (Å²) in [6.45, 7) is 16.0. The molecule has 0 unspecified atom stereocenters. The van der Waals surface area contributed by atoms with Crippen molar-refractivity contribution in [1.82, 2.24) is 4.98 Å². The van der Waals surface area contributed by atoms with Gasteiger partial charge in [0.1, 0.15) is 11.4 Å². The lowest BCUT2D eigenvalue weighted by Gasteiger charge is -2.36. The van der Waals surface area contributed by atoms with Gasteiger partial charge in [-0.05, 0) is 68.7 Å². The number of rotatable bonds is 7. The quantitative estimate of drug-likeness (QED) is 0.291. The van der Waals surface area contributed by atoms with Crippen LogP contribution in [-0.4, -0.2) is 25.0 Å². The number of anilines is 1. The number of benzene rings is 2. The minimum Gasteiger partial charge on any atom is -0.444 e. The number of nitrogens with zero attached hydrogens (tertiary/aromatic N) is 2. The molecule has 3 aromatic rings. The smallest absolute Gasteiger partial charge is 0.412 e. The van der Waals surface area contributed by atoms with Gasteiger partial charge in [0, 0.05) is 29.3 Å². The average Bonchev–Trinajstić information content (AvgIpc) is 2.84. The zero-order valence-electron chi connectivity index (χ0n) is 24.4. The Labute approximate surface area is 236 Å². The molecule has 0 aliphatic heterocycles. The van der Waals surface area contributed by atoms with Gasteiger partial charge in [-0.3, -0.25) is 10.3 Å². The summed E-state index contributed by atoms with van der Waals surface area (Å²) in [5.41, 5.74) is 1.05. The number of carbonyl (C=O) groups is 1. The van der Waals surface area contributed by atoms with E-state index >= 15 is 4.39 Å². The van der Waals surface area contributed by atoms with E-state index in [1.807, 2.05) is 12.1 Å². The van der Waals surface area contributed by atoms with Crippen LogP contribution in [0.1, 0.15) is 63.9 Å². The lowest BCUT2D eigenvalue weighted by Crippen LogP contribution is -2.40. The van der Waals surface area contributed by atoms with Crippen LogP contribution < -0.4 is 5.32 Å². The number of ether oxygens (including phenoxy) is 1. The highest BCUT2D eigenvalue weighted by Crippen LogP contribution is 2.39. The molecule has 1 heterocycles. The number of amides is 1. The van der Waals surface area contributed by atoms with E-state index in [-0.39, 0.29) is 40.4 Å². The standard InChI is InChI=1S/C31H37F2N3O3Si/c1-30(2,3)39-29(37)36-26-15-14-21(24(28(26)33)17-23-20(18-34)11-9-13-25(23)32)22-12-10-16-35-27(22)19-38-40(7,8)31(4,5)6/h9-16H,17,19H2,1-8H3,(H,36,37). The second kappa shape index (κ2) is 11.9. The molecule has 0 saturated heterocycles. The first-order valence-electron chi connectivity index (χ1n) is 13.1. The summed E-state index contributed by atoms with van der Waals surface area (Å²) in [5, 5.41) is 12.0. The molecule has 212 valence electrons. The van der Waals surface area contributed by atoms with E-state index in [4.69, 9.17) is 9.16 Å². The molecule has 2 aromatic carbocycles. The molecule has 0 bridgehead atoms. The molecule has 0 saturated carbocycles. The van der Waals surface area contributed by atoms with Gasteiger partial charge in [-0.1, -0.05) is 39.0 Å². The van der Waals surface area contributed by atoms with Gasteiger partial charge in [-0.2, -0.15) is 5.26 Å². The number of nitriles is 1. The largest absolute Gasteiger partial charge is 0.444 e. The first kappa shape index (κ1) is 30.9. The van der Waals surface area contributed by atoms with Gasteiger partial charge in [0.2, 0.25) is 0 Å². The van der Waals surface area contributed by atoms with Crippen LogP contribution in [0.15, 0.2) is 48.7 Å². The molecule has 6 nitrogen and oxygen atoms in total. The molecular weight excluding hydrogens is 528 g/mol. The van der Waals surface area contributed by atoms with E-state index in [0.717, 1.165) is 0 Å². The minimum absolute atomic E-state index is 0.0211. The maximum Gasteiger partial charge on any atom is 0.412 e. The molecule has 3 rings (SSSR count). The van der Waals surface area contributed by atoms with Gasteiger partial charge in [-0.25, -0.2) is 13.6 Å². The van der Waals surface area contributed by atoms with Gasteiger partial charge in [0.15, 0.2) is 14.1 Å². The molecule has 0 fully saturated rings. The van der Waals surface area contributed by atoms with E-state index in [0.29, 0.717) is 16.8 Å². The molecule has 1 N–H and O–H groups in total. The third-order valence-corrected chi connectivity index (χ3v) is 11.5. The highest BCUT2D eigenvalue weighted by Gasteiger charge is 2.37. The van der Waals surface area contributed by atoms with Crippen LogP contribution in [0.3, 0.4) is 0 Å². The number of hydrogen-bond acceptors (Lipinski definition) is 5. The van der Waals surface area contributed by atoms with E-state index in [1.165, 1.54) is 24.3 Å². The summed E-state index contributed by atoms with van der Waals surface area (Å²) in [4.78, 5) is 17.0. The normalized spacial score (nSPS) is 12.1. The first-order chi connectivity index (χ1) is 18.5. The molecule has 0 spiro atoms. The van der Waals surface area contributed by atoms with Crippen molar-refractivity contribution in [3.8, 4) is 17.2 Å². The number of halogens is 2. The Morgan fingerprint density at radius 2 is 1.70 bits per heavy atom. The van der Waals surface area contributed by atoms with Gasteiger partial charge < -0.3 is 9.16 Å². The van der Waals surface area contributed by atoms with Crippen molar-refractivity contribution in [1.29, 1.82) is 5.26 Å². The molecule has 0 radical (unpaired) electrons. The Hall–Kier alpha value is -3.61. The summed E-state index contributed by atoms with van der Waals surface area (Å²) in [5.74, 6) is -1.38. The lowest BCUT2D eigenvalue weighted by atomic mass is 9.91. The SMILES string of the molecule is CC(C)(C)OC(=O)Nc1ccc(-c2cccnc2CO[Si](C)(C)C(C)(C)C)c(Cc2c(F)cccc2C#N)c1F. The molecule has 0 aliphatic carbocycles. The van der Waals surface area contributed by atoms with Crippen molar-refractivity contribution >= 4 is 20.1 Å². The minimum atomic E-state index is -2.13. The fraction of sp³-hybridized carbons (Fsp3) is 0.387. The van der Waals surface area contributed by atoms with Gasteiger partial charge >= 0.3 is 6.09 Å². The van der Waals surface area contributed by atoms with Crippen LogP contribution in [0.4, 0.5) is 19.3 Å². The molecule has 1 aromatic heterocycles. The summed E-state index contributed by atoms with van der Waals surface area (Å²) in [7, 11) is -2.13. The maximum absolute atomic E-state index is 16.2. The zero-order valence-corrected chi connectivity index (χ0v) is 25.4. The number of pyridine rings is 1. The summed E-state index contributed by atoms with van der Waals surface area (Å²) >= 11 is 0. The summed E-state index contributed by atoms with van der Waals surface area (Å²) in [6, 6.07) is 12.8. The van der Waals surface area contributed by atoms with Crippen LogP contribution in [0.2, 0.25) is 18.1 Å². The summed E-state index contributed by atoms with van der Waals surface area (Å²) in [6.07, 6.45) is 0.601. The first-order valence-corrected chi connectivity index (χ1v) is 16.0. The van der Waals surface area contributed by atoms with E-state index < -0.39 is 31.6 Å². The predicted octanol–water partition coefficient (Wildman–Crippen LogP) is 8.36. The average molecular weight is 566 g/mol. The van der Waals surface area contributed by atoms with Crippen molar-refractivity contribution in [2.45, 2.75) is 78.3 Å². The van der Waals surface area contributed by atoms with Crippen LogP contribution >= 0.6 is 0 Å². The van der Waals surface area contributed by atoms with E-state index in [9.17, 15) is 14.4 Å². The number of nitrogens with one attached hydrogen (secondary N) is 1. The van der Waals surface area contributed by atoms with Crippen molar-refractivity contribution in [3.05, 3.63) is 82.7 Å². The molecule has 40 heavy (non-hydrogen) atoms. The molecular formula is C31H37F2N3O3Si. The number of carbonyl (C=O) groups excluding carboxylic acids is 1. The Morgan fingerprint density at radius 1 is 1.00 bits per heavy atom. The molecule has 9 heteroatoms. The third-order valence-electron chi connectivity index (χ3n) is 7.03. The van der Waals surface area contributed by atoms with Crippen molar-refractivity contribution < 1.29 is 22.7 Å². The Morgan fingerprint density at radius 3 is 2.33 bits per heavy atom. The highest BCUT2D eigenvalue weighted by molar-refractivity contribution is 6.74. The van der Waals surface area contributed by atoms with Crippen molar-refractivity contribution in [2.24, 2.45) is 0 Å². The van der Waals surface area contributed by atoms with Gasteiger partial charge in [0.05, 0.1) is 29.6 Å². The fourth-order valence-corrected chi connectivity index (χ4v) is 4.77. The van der Waals surface area contributed by atoms with E-state index in [2.05, 4.69) is 44.2 Å². The second-order valence-corrected chi connectivity index (χ2v) is 17.0. The molecule has 0 atom stereocenters. The van der Waals surface area contributed by atoms with Gasteiger partial charge in [-0.15, -0.1) is 0 Å². The fourth-order valence-electron chi connectivity index (χ4n) is 3.84. The Bertz CT molecular complexity index is 1440. The lowest BCUT2D eigenvalue weighted by molar-refractivity contribution is 0.0635. The van der Waals surface area contributed by atoms with Crippen LogP contribution in [0.5, 0.6) is 0 Å². The van der Waals surface area contributed by atoms with Gasteiger partial charge in [0.25, 0.3) is 0 Å². The highest BCUT2D eigenvalue weighted by atomic mass is 28.4. The molecule has 0 aliphatic rings. The Kier molecular flexibility index (Phi) is 9.17. The van der Waals surface area contributed by atoms with E-state index in [1.54, 1.807) is 39.1 Å². The van der Waals surface area contributed by atoms with Crippen LogP contribution in [0, 0.1) is 23.0 Å². The van der Waals surface area contributed by atoms with Crippen molar-refractivity contribution in [3.63, 3.8) is 0 Å². The zero-order chi connectivity index (χ0) is 29.9. The predicted molar refractivity (Wildman–Crippen MR) is 155 cm³/mol. The topological polar surface area (TPSA) is 84.2 Å². The third kappa shape index (κ3) is 7.32. The van der Waals surface area contributed by atoms with Crippen LogP contribution in [-0.2, 0) is 22.2 Å². The monoisotopic (exact) mass is 565 g/mol.